The number of nitrogens with one attached hydrogen (secondary N) is 1. The van der Waals surface area contributed by atoms with E-state index in [1.54, 1.807) is 17.3 Å². The molecule has 0 aliphatic carbocycles. The maximum absolute atomic E-state index is 12.5. The van der Waals surface area contributed by atoms with Gasteiger partial charge in [-0.05, 0) is 40.7 Å². The van der Waals surface area contributed by atoms with Gasteiger partial charge in [0, 0.05) is 43.1 Å². The molecule has 1 amide bonds. The van der Waals surface area contributed by atoms with Crippen molar-refractivity contribution in [3.63, 3.8) is 0 Å². The molecule has 2 aromatic heterocycles. The summed E-state index contributed by atoms with van der Waals surface area (Å²) in [5.74, 6) is 0.772. The van der Waals surface area contributed by atoms with E-state index in [0.29, 0.717) is 18.7 Å². The van der Waals surface area contributed by atoms with Crippen LogP contribution in [0.3, 0.4) is 0 Å². The Bertz CT molecular complexity index is 824. The lowest BCUT2D eigenvalue weighted by molar-refractivity contribution is 0.0130. The molecule has 3 heterocycles. The van der Waals surface area contributed by atoms with Crippen LogP contribution in [0, 0.1) is 0 Å². The molecule has 140 valence electrons. The molecule has 0 spiro atoms. The molecule has 1 fully saturated rings. The summed E-state index contributed by atoms with van der Waals surface area (Å²) in [5.41, 5.74) is 0.956. The number of hydrogen-bond acceptors (Lipinski definition) is 5. The second-order valence-corrected chi connectivity index (χ2v) is 7.90. The molecule has 1 unspecified atom stereocenters. The molecule has 1 aliphatic heterocycles. The number of carbonyl (C=O) groups is 2. The van der Waals surface area contributed by atoms with E-state index < -0.39 is 5.60 Å². The van der Waals surface area contributed by atoms with E-state index in [4.69, 9.17) is 4.74 Å². The number of fused-ring (bicyclic) bond motifs is 1. The zero-order chi connectivity index (χ0) is 19.1. The first-order chi connectivity index (χ1) is 12.2. The minimum absolute atomic E-state index is 0.0308. The summed E-state index contributed by atoms with van der Waals surface area (Å²) >= 11 is 0. The van der Waals surface area contributed by atoms with Crippen LogP contribution < -0.4 is 4.90 Å². The highest BCUT2D eigenvalue weighted by molar-refractivity contribution is 6.03. The van der Waals surface area contributed by atoms with Crippen LogP contribution >= 0.6 is 0 Å². The molecular weight excluding hydrogens is 332 g/mol. The molecule has 1 saturated heterocycles. The van der Waals surface area contributed by atoms with Crippen LogP contribution in [0.25, 0.3) is 10.9 Å². The lowest BCUT2D eigenvalue weighted by atomic mass is 10.1. The second kappa shape index (κ2) is 6.63. The molecule has 0 aromatic carbocycles. The third-order valence-corrected chi connectivity index (χ3v) is 4.62. The zero-order valence-electron chi connectivity index (χ0n) is 15.9. The highest BCUT2D eigenvalue weighted by Crippen LogP contribution is 2.31. The fourth-order valence-electron chi connectivity index (χ4n) is 3.39. The Balaban J connectivity index is 1.88. The monoisotopic (exact) mass is 358 g/mol. The number of H-pyrrole nitrogens is 1. The molecule has 1 N–H and O–H groups in total. The van der Waals surface area contributed by atoms with Gasteiger partial charge in [0.25, 0.3) is 0 Å². The lowest BCUT2D eigenvalue weighted by Gasteiger charge is -2.44. The van der Waals surface area contributed by atoms with Crippen molar-refractivity contribution in [2.45, 2.75) is 52.3 Å². The maximum atomic E-state index is 12.5. The fourth-order valence-corrected chi connectivity index (χ4v) is 3.39. The van der Waals surface area contributed by atoms with Crippen LogP contribution in [0.4, 0.5) is 10.6 Å². The van der Waals surface area contributed by atoms with Gasteiger partial charge in [0.05, 0.1) is 10.9 Å². The molecule has 7 heteroatoms. The number of nitrogens with zero attached hydrogens (tertiary/aromatic N) is 3. The number of aldehydes is 1. The Morgan fingerprint density at radius 3 is 2.69 bits per heavy atom. The summed E-state index contributed by atoms with van der Waals surface area (Å²) < 4.78 is 5.53. The zero-order valence-corrected chi connectivity index (χ0v) is 15.9. The van der Waals surface area contributed by atoms with Crippen molar-refractivity contribution in [3.8, 4) is 0 Å². The van der Waals surface area contributed by atoms with E-state index in [-0.39, 0.29) is 18.2 Å². The average Bonchev–Trinajstić information content (AvgIpc) is 2.98. The fraction of sp³-hybridized carbons (Fsp3) is 0.526. The van der Waals surface area contributed by atoms with Gasteiger partial charge in [0.1, 0.15) is 11.4 Å². The molecule has 0 radical (unpaired) electrons. The first-order valence-corrected chi connectivity index (χ1v) is 8.89. The number of amides is 1. The van der Waals surface area contributed by atoms with E-state index >= 15 is 0 Å². The van der Waals surface area contributed by atoms with Crippen LogP contribution in [0.1, 0.15) is 45.0 Å². The molecule has 7 nitrogen and oxygen atoms in total. The number of ether oxygens (including phenoxy) is 1. The minimum atomic E-state index is -0.520. The van der Waals surface area contributed by atoms with E-state index in [1.165, 1.54) is 0 Å². The number of carbonyl (C=O) groups excluding carboxylic acids is 2. The van der Waals surface area contributed by atoms with Crippen molar-refractivity contribution in [2.24, 2.45) is 0 Å². The largest absolute Gasteiger partial charge is 0.444 e. The standard InChI is InChI=1S/C19H26N4O3/c1-12-10-23(18(25)26-19(3,4)5)13(2)9-22(12)17-16-14(11-24)8-21-15(16)6-7-20-17/h6-8,11-13,21H,9-10H2,1-5H3/t12?,13-/m0/s1. The van der Waals surface area contributed by atoms with Crippen molar-refractivity contribution in [1.29, 1.82) is 0 Å². The number of rotatable bonds is 2. The Labute approximate surface area is 153 Å². The van der Waals surface area contributed by atoms with Crippen molar-refractivity contribution >= 4 is 29.1 Å². The van der Waals surface area contributed by atoms with Gasteiger partial charge >= 0.3 is 6.09 Å². The molecule has 2 atom stereocenters. The van der Waals surface area contributed by atoms with Crippen LogP contribution in [0.15, 0.2) is 18.5 Å². The van der Waals surface area contributed by atoms with Crippen molar-refractivity contribution in [2.75, 3.05) is 18.0 Å². The highest BCUT2D eigenvalue weighted by Gasteiger charge is 2.35. The van der Waals surface area contributed by atoms with Gasteiger partial charge in [0.2, 0.25) is 0 Å². The number of pyridine rings is 1. The quantitative estimate of drug-likeness (QED) is 0.834. The summed E-state index contributed by atoms with van der Waals surface area (Å²) in [6.45, 7) is 10.8. The Hall–Kier alpha value is -2.57. The Morgan fingerprint density at radius 2 is 2.04 bits per heavy atom. The molecule has 2 aromatic rings. The van der Waals surface area contributed by atoms with Gasteiger partial charge in [-0.2, -0.15) is 0 Å². The van der Waals surface area contributed by atoms with Crippen LogP contribution in [0.2, 0.25) is 0 Å². The van der Waals surface area contributed by atoms with Crippen molar-refractivity contribution in [3.05, 3.63) is 24.0 Å². The van der Waals surface area contributed by atoms with Gasteiger partial charge in [0.15, 0.2) is 6.29 Å². The number of aromatic nitrogens is 2. The van der Waals surface area contributed by atoms with Crippen molar-refractivity contribution in [1.82, 2.24) is 14.9 Å². The maximum Gasteiger partial charge on any atom is 0.410 e. The summed E-state index contributed by atoms with van der Waals surface area (Å²) in [7, 11) is 0. The topological polar surface area (TPSA) is 78.5 Å². The smallest absolute Gasteiger partial charge is 0.410 e. The average molecular weight is 358 g/mol. The third-order valence-electron chi connectivity index (χ3n) is 4.62. The SMILES string of the molecule is CC1CN(C(=O)OC(C)(C)C)[C@@H](C)CN1c1nccc2[nH]cc(C=O)c12. The van der Waals surface area contributed by atoms with Gasteiger partial charge < -0.3 is 19.5 Å². The second-order valence-electron chi connectivity index (χ2n) is 7.90. The van der Waals surface area contributed by atoms with E-state index in [0.717, 1.165) is 23.0 Å². The summed E-state index contributed by atoms with van der Waals surface area (Å²) in [5, 5.41) is 0.826. The number of hydrogen-bond donors (Lipinski definition) is 1. The van der Waals surface area contributed by atoms with Gasteiger partial charge in [-0.1, -0.05) is 0 Å². The molecular formula is C19H26N4O3. The summed E-state index contributed by atoms with van der Waals surface area (Å²) in [6, 6.07) is 1.87. The lowest BCUT2D eigenvalue weighted by Crippen LogP contribution is -2.59. The van der Waals surface area contributed by atoms with E-state index in [2.05, 4.69) is 21.8 Å². The Morgan fingerprint density at radius 1 is 1.31 bits per heavy atom. The van der Waals surface area contributed by atoms with Crippen LogP contribution in [-0.4, -0.2) is 58.0 Å². The molecule has 3 rings (SSSR count). The van der Waals surface area contributed by atoms with Gasteiger partial charge in [-0.25, -0.2) is 9.78 Å². The van der Waals surface area contributed by atoms with Gasteiger partial charge in [-0.3, -0.25) is 4.79 Å². The summed E-state index contributed by atoms with van der Waals surface area (Å²) in [4.78, 5) is 35.5. The number of piperazine rings is 1. The predicted octanol–water partition coefficient (Wildman–Crippen LogP) is 3.21. The molecule has 26 heavy (non-hydrogen) atoms. The van der Waals surface area contributed by atoms with Crippen molar-refractivity contribution < 1.29 is 14.3 Å². The van der Waals surface area contributed by atoms with Crippen LogP contribution in [-0.2, 0) is 4.74 Å². The van der Waals surface area contributed by atoms with E-state index in [9.17, 15) is 9.59 Å². The first-order valence-electron chi connectivity index (χ1n) is 8.89. The van der Waals surface area contributed by atoms with Crippen LogP contribution in [0.5, 0.6) is 0 Å². The first kappa shape index (κ1) is 18.2. The minimum Gasteiger partial charge on any atom is -0.444 e. The predicted molar refractivity (Wildman–Crippen MR) is 101 cm³/mol. The molecule has 0 bridgehead atoms. The number of anilines is 1. The van der Waals surface area contributed by atoms with Gasteiger partial charge in [-0.15, -0.1) is 0 Å². The normalized spacial score (nSPS) is 21.1. The molecule has 1 aliphatic rings. The van der Waals surface area contributed by atoms with E-state index in [1.807, 2.05) is 33.8 Å². The summed E-state index contributed by atoms with van der Waals surface area (Å²) in [6.07, 6.45) is 3.99. The third kappa shape index (κ3) is 3.38. The molecule has 0 saturated carbocycles. The number of aromatic amines is 1. The Kier molecular flexibility index (Phi) is 4.64. The highest BCUT2D eigenvalue weighted by atomic mass is 16.6.